The highest BCUT2D eigenvalue weighted by Gasteiger charge is 2.11. The Bertz CT molecular complexity index is 496. The molecule has 0 spiro atoms. The molecule has 17 heavy (non-hydrogen) atoms. The first-order chi connectivity index (χ1) is 8.20. The predicted octanol–water partition coefficient (Wildman–Crippen LogP) is 3.90. The van der Waals surface area contributed by atoms with Gasteiger partial charge in [-0.05, 0) is 42.4 Å². The number of rotatable bonds is 3. The fourth-order valence-corrected chi connectivity index (χ4v) is 2.13. The summed E-state index contributed by atoms with van der Waals surface area (Å²) >= 11 is 3.40. The van der Waals surface area contributed by atoms with E-state index in [1.165, 1.54) is 6.07 Å². The maximum absolute atomic E-state index is 13.2. The highest BCUT2D eigenvalue weighted by molar-refractivity contribution is 9.10. The van der Waals surface area contributed by atoms with Crippen molar-refractivity contribution in [3.63, 3.8) is 0 Å². The highest BCUT2D eigenvalue weighted by atomic mass is 79.9. The van der Waals surface area contributed by atoms with Crippen LogP contribution in [0, 0.1) is 5.82 Å². The molecule has 0 fully saturated rings. The van der Waals surface area contributed by atoms with Crippen molar-refractivity contribution in [1.29, 1.82) is 0 Å². The van der Waals surface area contributed by atoms with Crippen LogP contribution in [0.1, 0.15) is 17.2 Å². The topological polar surface area (TPSA) is 12.0 Å². The second kappa shape index (κ2) is 5.43. The third kappa shape index (κ3) is 2.93. The van der Waals surface area contributed by atoms with Crippen LogP contribution in [0.3, 0.4) is 0 Å². The van der Waals surface area contributed by atoms with E-state index in [1.807, 2.05) is 37.4 Å². The van der Waals surface area contributed by atoms with Crippen LogP contribution >= 0.6 is 15.9 Å². The van der Waals surface area contributed by atoms with Crippen LogP contribution in [0.25, 0.3) is 0 Å². The van der Waals surface area contributed by atoms with Gasteiger partial charge < -0.3 is 5.32 Å². The molecule has 0 heterocycles. The molecule has 0 saturated carbocycles. The maximum atomic E-state index is 13.2. The van der Waals surface area contributed by atoms with Crippen LogP contribution in [0.15, 0.2) is 53.0 Å². The normalized spacial score (nSPS) is 12.4. The third-order valence-electron chi connectivity index (χ3n) is 2.67. The molecule has 1 nitrogen and oxygen atoms in total. The molecule has 0 aliphatic rings. The van der Waals surface area contributed by atoms with Crippen molar-refractivity contribution in [2.45, 2.75) is 6.04 Å². The molecule has 0 aliphatic heterocycles. The summed E-state index contributed by atoms with van der Waals surface area (Å²) in [6.07, 6.45) is 0. The SMILES string of the molecule is CNC(c1ccc(Br)cc1)c1cccc(F)c1. The molecule has 1 N–H and O–H groups in total. The third-order valence-corrected chi connectivity index (χ3v) is 3.20. The summed E-state index contributed by atoms with van der Waals surface area (Å²) in [4.78, 5) is 0. The molecule has 2 aromatic carbocycles. The molecule has 88 valence electrons. The largest absolute Gasteiger partial charge is 0.309 e. The second-order valence-corrected chi connectivity index (χ2v) is 4.74. The zero-order chi connectivity index (χ0) is 12.3. The van der Waals surface area contributed by atoms with E-state index in [4.69, 9.17) is 0 Å². The van der Waals surface area contributed by atoms with Crippen molar-refractivity contribution in [3.05, 3.63) is 69.9 Å². The summed E-state index contributed by atoms with van der Waals surface area (Å²) in [6.45, 7) is 0. The average Bonchev–Trinajstić information content (AvgIpc) is 2.33. The summed E-state index contributed by atoms with van der Waals surface area (Å²) in [5.41, 5.74) is 2.04. The van der Waals surface area contributed by atoms with E-state index in [0.29, 0.717) is 0 Å². The van der Waals surface area contributed by atoms with Crippen LogP contribution < -0.4 is 5.32 Å². The first-order valence-corrected chi connectivity index (χ1v) is 6.18. The summed E-state index contributed by atoms with van der Waals surface area (Å²) in [6, 6.07) is 14.7. The summed E-state index contributed by atoms with van der Waals surface area (Å²) in [5.74, 6) is -0.208. The molecule has 0 radical (unpaired) electrons. The lowest BCUT2D eigenvalue weighted by atomic mass is 9.99. The Morgan fingerprint density at radius 3 is 2.35 bits per heavy atom. The molecule has 0 aromatic heterocycles. The summed E-state index contributed by atoms with van der Waals surface area (Å²) < 4.78 is 14.2. The van der Waals surface area contributed by atoms with Gasteiger partial charge in [-0.2, -0.15) is 0 Å². The van der Waals surface area contributed by atoms with E-state index in [0.717, 1.165) is 15.6 Å². The van der Waals surface area contributed by atoms with Crippen molar-refractivity contribution in [2.75, 3.05) is 7.05 Å². The zero-order valence-electron chi connectivity index (χ0n) is 9.45. The van der Waals surface area contributed by atoms with Crippen molar-refractivity contribution in [2.24, 2.45) is 0 Å². The van der Waals surface area contributed by atoms with Crippen molar-refractivity contribution < 1.29 is 4.39 Å². The Morgan fingerprint density at radius 2 is 1.76 bits per heavy atom. The molecule has 3 heteroatoms. The average molecular weight is 294 g/mol. The zero-order valence-corrected chi connectivity index (χ0v) is 11.0. The number of halogens is 2. The lowest BCUT2D eigenvalue weighted by molar-refractivity contribution is 0.617. The minimum atomic E-state index is -0.208. The van der Waals surface area contributed by atoms with E-state index >= 15 is 0 Å². The quantitative estimate of drug-likeness (QED) is 0.905. The van der Waals surface area contributed by atoms with Gasteiger partial charge in [0, 0.05) is 4.47 Å². The fraction of sp³-hybridized carbons (Fsp3) is 0.143. The molecule has 0 bridgehead atoms. The van der Waals surface area contributed by atoms with Gasteiger partial charge in [-0.1, -0.05) is 40.2 Å². The van der Waals surface area contributed by atoms with Gasteiger partial charge in [0.1, 0.15) is 5.82 Å². The number of hydrogen-bond donors (Lipinski definition) is 1. The van der Waals surface area contributed by atoms with Crippen LogP contribution in [-0.2, 0) is 0 Å². The summed E-state index contributed by atoms with van der Waals surface area (Å²) in [7, 11) is 1.87. The van der Waals surface area contributed by atoms with E-state index in [-0.39, 0.29) is 11.9 Å². The van der Waals surface area contributed by atoms with Gasteiger partial charge in [-0.25, -0.2) is 4.39 Å². The summed E-state index contributed by atoms with van der Waals surface area (Å²) in [5, 5.41) is 3.20. The van der Waals surface area contributed by atoms with Crippen molar-refractivity contribution in [1.82, 2.24) is 5.32 Å². The predicted molar refractivity (Wildman–Crippen MR) is 71.4 cm³/mol. The first-order valence-electron chi connectivity index (χ1n) is 5.39. The minimum absolute atomic E-state index is 0.0128. The molecular weight excluding hydrogens is 281 g/mol. The number of benzene rings is 2. The Kier molecular flexibility index (Phi) is 3.92. The standard InChI is InChI=1S/C14H13BrFN/c1-17-14(10-5-7-12(15)8-6-10)11-3-2-4-13(16)9-11/h2-9,14,17H,1H3. The molecular formula is C14H13BrFN. The number of hydrogen-bond acceptors (Lipinski definition) is 1. The maximum Gasteiger partial charge on any atom is 0.123 e. The van der Waals surface area contributed by atoms with Crippen LogP contribution in [0.5, 0.6) is 0 Å². The molecule has 0 amide bonds. The molecule has 2 aromatic rings. The molecule has 0 saturated heterocycles. The minimum Gasteiger partial charge on any atom is -0.309 e. The van der Waals surface area contributed by atoms with E-state index in [2.05, 4.69) is 21.2 Å². The fourth-order valence-electron chi connectivity index (χ4n) is 1.87. The van der Waals surface area contributed by atoms with E-state index < -0.39 is 0 Å². The Morgan fingerprint density at radius 1 is 1.06 bits per heavy atom. The Labute approximate surface area is 109 Å². The van der Waals surface area contributed by atoms with Gasteiger partial charge in [0.15, 0.2) is 0 Å². The monoisotopic (exact) mass is 293 g/mol. The van der Waals surface area contributed by atoms with Crippen molar-refractivity contribution in [3.8, 4) is 0 Å². The second-order valence-electron chi connectivity index (χ2n) is 3.83. The van der Waals surface area contributed by atoms with Gasteiger partial charge in [0.25, 0.3) is 0 Å². The van der Waals surface area contributed by atoms with Crippen LogP contribution in [0.4, 0.5) is 4.39 Å². The van der Waals surface area contributed by atoms with E-state index in [9.17, 15) is 4.39 Å². The highest BCUT2D eigenvalue weighted by Crippen LogP contribution is 2.23. The lowest BCUT2D eigenvalue weighted by Crippen LogP contribution is -2.17. The van der Waals surface area contributed by atoms with Crippen LogP contribution in [-0.4, -0.2) is 7.05 Å². The molecule has 0 aliphatic carbocycles. The Balaban J connectivity index is 2.36. The molecule has 1 unspecified atom stereocenters. The molecule has 2 rings (SSSR count). The van der Waals surface area contributed by atoms with Crippen LogP contribution in [0.2, 0.25) is 0 Å². The van der Waals surface area contributed by atoms with Crippen molar-refractivity contribution >= 4 is 15.9 Å². The first kappa shape index (κ1) is 12.3. The van der Waals surface area contributed by atoms with Gasteiger partial charge in [0.05, 0.1) is 6.04 Å². The number of nitrogens with one attached hydrogen (secondary N) is 1. The van der Waals surface area contributed by atoms with Gasteiger partial charge in [-0.3, -0.25) is 0 Å². The van der Waals surface area contributed by atoms with Gasteiger partial charge in [0.2, 0.25) is 0 Å². The smallest absolute Gasteiger partial charge is 0.123 e. The molecule has 1 atom stereocenters. The lowest BCUT2D eigenvalue weighted by Gasteiger charge is -2.17. The Hall–Kier alpha value is -1.19. The van der Waals surface area contributed by atoms with Gasteiger partial charge in [-0.15, -0.1) is 0 Å². The van der Waals surface area contributed by atoms with Gasteiger partial charge >= 0.3 is 0 Å². The van der Waals surface area contributed by atoms with E-state index in [1.54, 1.807) is 12.1 Å².